The summed E-state index contributed by atoms with van der Waals surface area (Å²) in [5.74, 6) is 2.73. The van der Waals surface area contributed by atoms with Crippen molar-refractivity contribution in [1.82, 2.24) is 29.5 Å². The Morgan fingerprint density at radius 3 is 1.73 bits per heavy atom. The first-order valence-electron chi connectivity index (χ1n) is 18.3. The van der Waals surface area contributed by atoms with Crippen molar-refractivity contribution in [2.45, 2.75) is 0 Å². The fourth-order valence-electron chi connectivity index (χ4n) is 7.23. The number of imidazole rings is 1. The Morgan fingerprint density at radius 1 is 0.382 bits per heavy atom. The van der Waals surface area contributed by atoms with Gasteiger partial charge in [-0.25, -0.2) is 19.9 Å². The van der Waals surface area contributed by atoms with Crippen molar-refractivity contribution in [1.29, 1.82) is 0 Å². The Bertz CT molecular complexity index is 2900. The van der Waals surface area contributed by atoms with E-state index in [4.69, 9.17) is 19.9 Å². The van der Waals surface area contributed by atoms with Crippen LogP contribution in [-0.2, 0) is 0 Å². The van der Waals surface area contributed by atoms with Gasteiger partial charge in [0.15, 0.2) is 23.3 Å². The average molecular weight is 705 g/mol. The van der Waals surface area contributed by atoms with E-state index in [9.17, 15) is 0 Å². The zero-order valence-electron chi connectivity index (χ0n) is 29.7. The van der Waals surface area contributed by atoms with Crippen LogP contribution in [0.4, 0.5) is 0 Å². The van der Waals surface area contributed by atoms with Gasteiger partial charge in [0.2, 0.25) is 0 Å². The lowest BCUT2D eigenvalue weighted by molar-refractivity contribution is 1.08. The summed E-state index contributed by atoms with van der Waals surface area (Å²) in [5.41, 5.74) is 11.1. The molecule has 55 heavy (non-hydrogen) atoms. The lowest BCUT2D eigenvalue weighted by atomic mass is 9.94. The quantitative estimate of drug-likeness (QED) is 0.165. The first kappa shape index (κ1) is 32.1. The second-order valence-corrected chi connectivity index (χ2v) is 13.4. The lowest BCUT2D eigenvalue weighted by Crippen LogP contribution is -2.00. The predicted molar refractivity (Wildman–Crippen MR) is 222 cm³/mol. The van der Waals surface area contributed by atoms with E-state index >= 15 is 0 Å². The second kappa shape index (κ2) is 13.8. The molecule has 6 nitrogen and oxygen atoms in total. The molecule has 10 rings (SSSR count). The molecule has 0 bridgehead atoms. The SMILES string of the molecule is c1ccc(-c2nc(-c3ccccc3)nc(-c3cc(-c4cccc(-c5ccc(-n6c(-c7ccccn7)nc7ccccc76)cc5)c4)cc4ccccc34)n2)cc1. The van der Waals surface area contributed by atoms with Crippen molar-refractivity contribution >= 4 is 21.8 Å². The third-order valence-electron chi connectivity index (χ3n) is 9.91. The minimum Gasteiger partial charge on any atom is -0.291 e. The third kappa shape index (κ3) is 6.11. The van der Waals surface area contributed by atoms with E-state index in [2.05, 4.69) is 101 Å². The maximum Gasteiger partial charge on any atom is 0.164 e. The lowest BCUT2D eigenvalue weighted by Gasteiger charge is -2.13. The molecule has 0 aliphatic carbocycles. The highest BCUT2D eigenvalue weighted by molar-refractivity contribution is 5.99. The number of hydrogen-bond donors (Lipinski definition) is 0. The smallest absolute Gasteiger partial charge is 0.164 e. The first-order chi connectivity index (χ1) is 27.2. The fraction of sp³-hybridized carbons (Fsp3) is 0. The van der Waals surface area contributed by atoms with Crippen molar-refractivity contribution in [2.24, 2.45) is 0 Å². The first-order valence-corrected chi connectivity index (χ1v) is 18.3. The number of hydrogen-bond acceptors (Lipinski definition) is 5. The molecule has 3 aromatic heterocycles. The number of rotatable bonds is 7. The molecule has 0 N–H and O–H groups in total. The van der Waals surface area contributed by atoms with Crippen LogP contribution in [0.3, 0.4) is 0 Å². The summed E-state index contributed by atoms with van der Waals surface area (Å²) < 4.78 is 2.18. The highest BCUT2D eigenvalue weighted by atomic mass is 15.1. The van der Waals surface area contributed by atoms with E-state index in [0.717, 1.165) is 78.0 Å². The molecule has 0 radical (unpaired) electrons. The van der Waals surface area contributed by atoms with E-state index in [-0.39, 0.29) is 0 Å². The van der Waals surface area contributed by atoms with Crippen LogP contribution < -0.4 is 0 Å². The number of para-hydroxylation sites is 2. The minimum atomic E-state index is 0.634. The highest BCUT2D eigenvalue weighted by Crippen LogP contribution is 2.36. The average Bonchev–Trinajstić information content (AvgIpc) is 3.67. The topological polar surface area (TPSA) is 69.4 Å². The van der Waals surface area contributed by atoms with E-state index < -0.39 is 0 Å². The van der Waals surface area contributed by atoms with Gasteiger partial charge in [-0.05, 0) is 87.6 Å². The Kier molecular flexibility index (Phi) is 8.04. The molecule has 10 aromatic rings. The van der Waals surface area contributed by atoms with Crippen molar-refractivity contribution in [3.63, 3.8) is 0 Å². The standard InChI is InChI=1S/C49H32N6/c1-3-14-34(15-4-1)46-52-47(35-16-5-2-6-17-35)54-48(53-46)42-32-39(31-38-18-7-8-21-41(38)42)37-20-13-19-36(30-37)33-25-27-40(28-26-33)55-45-24-10-9-22-43(45)51-49(55)44-23-11-12-29-50-44/h1-32H. The molecule has 0 aliphatic heterocycles. The van der Waals surface area contributed by atoms with Crippen LogP contribution in [0.1, 0.15) is 0 Å². The fourth-order valence-corrected chi connectivity index (χ4v) is 7.23. The van der Waals surface area contributed by atoms with Gasteiger partial charge in [0, 0.05) is 28.6 Å². The molecule has 0 spiro atoms. The van der Waals surface area contributed by atoms with Crippen molar-refractivity contribution < 1.29 is 0 Å². The number of pyridine rings is 1. The zero-order chi connectivity index (χ0) is 36.6. The molecule has 0 saturated carbocycles. The van der Waals surface area contributed by atoms with Crippen LogP contribution in [0.15, 0.2) is 194 Å². The molecule has 0 unspecified atom stereocenters. The monoisotopic (exact) mass is 704 g/mol. The summed E-state index contributed by atoms with van der Waals surface area (Å²) >= 11 is 0. The van der Waals surface area contributed by atoms with E-state index in [1.807, 2.05) is 103 Å². The maximum absolute atomic E-state index is 5.09. The minimum absolute atomic E-state index is 0.634. The number of fused-ring (bicyclic) bond motifs is 2. The molecule has 0 saturated heterocycles. The van der Waals surface area contributed by atoms with Gasteiger partial charge in [-0.15, -0.1) is 0 Å². The van der Waals surface area contributed by atoms with Crippen LogP contribution in [0.2, 0.25) is 0 Å². The van der Waals surface area contributed by atoms with Crippen molar-refractivity contribution in [3.05, 3.63) is 194 Å². The van der Waals surface area contributed by atoms with Crippen LogP contribution in [0.25, 0.3) is 95.4 Å². The van der Waals surface area contributed by atoms with E-state index in [0.29, 0.717) is 17.5 Å². The summed E-state index contributed by atoms with van der Waals surface area (Å²) in [5, 5.41) is 2.20. The normalized spacial score (nSPS) is 11.3. The molecule has 7 aromatic carbocycles. The summed E-state index contributed by atoms with van der Waals surface area (Å²) in [6.07, 6.45) is 1.81. The van der Waals surface area contributed by atoms with Gasteiger partial charge in [0.05, 0.1) is 11.0 Å². The number of nitrogens with zero attached hydrogens (tertiary/aromatic N) is 6. The molecule has 0 atom stereocenters. The number of aromatic nitrogens is 6. The molecule has 6 heteroatoms. The van der Waals surface area contributed by atoms with Crippen LogP contribution in [0.5, 0.6) is 0 Å². The van der Waals surface area contributed by atoms with Crippen molar-refractivity contribution in [2.75, 3.05) is 0 Å². The van der Waals surface area contributed by atoms with Crippen LogP contribution >= 0.6 is 0 Å². The molecular weight excluding hydrogens is 673 g/mol. The Morgan fingerprint density at radius 2 is 1.00 bits per heavy atom. The third-order valence-corrected chi connectivity index (χ3v) is 9.91. The van der Waals surface area contributed by atoms with Crippen molar-refractivity contribution in [3.8, 4) is 73.6 Å². The van der Waals surface area contributed by atoms with Gasteiger partial charge in [-0.2, -0.15) is 0 Å². The van der Waals surface area contributed by atoms with Gasteiger partial charge in [0.25, 0.3) is 0 Å². The zero-order valence-corrected chi connectivity index (χ0v) is 29.7. The van der Waals surface area contributed by atoms with E-state index in [1.165, 1.54) is 0 Å². The Hall–Kier alpha value is -7.57. The summed E-state index contributed by atoms with van der Waals surface area (Å²) in [6.45, 7) is 0. The predicted octanol–water partition coefficient (Wildman–Crippen LogP) is 11.8. The summed E-state index contributed by atoms with van der Waals surface area (Å²) in [6, 6.07) is 64.6. The second-order valence-electron chi connectivity index (χ2n) is 13.4. The Labute approximate surface area is 318 Å². The van der Waals surface area contributed by atoms with Gasteiger partial charge in [-0.3, -0.25) is 9.55 Å². The molecule has 0 amide bonds. The van der Waals surface area contributed by atoms with Crippen LogP contribution in [-0.4, -0.2) is 29.5 Å². The molecule has 3 heterocycles. The summed E-state index contributed by atoms with van der Waals surface area (Å²) in [4.78, 5) is 24.7. The van der Waals surface area contributed by atoms with E-state index in [1.54, 1.807) is 0 Å². The maximum atomic E-state index is 5.09. The molecule has 258 valence electrons. The summed E-state index contributed by atoms with van der Waals surface area (Å²) in [7, 11) is 0. The van der Waals surface area contributed by atoms with Crippen LogP contribution in [0, 0.1) is 0 Å². The molecule has 0 aliphatic rings. The van der Waals surface area contributed by atoms with Gasteiger partial charge in [0.1, 0.15) is 5.69 Å². The molecular formula is C49H32N6. The van der Waals surface area contributed by atoms with Gasteiger partial charge < -0.3 is 0 Å². The number of benzene rings is 7. The van der Waals surface area contributed by atoms with Gasteiger partial charge in [-0.1, -0.05) is 133 Å². The highest BCUT2D eigenvalue weighted by Gasteiger charge is 2.17. The van der Waals surface area contributed by atoms with Gasteiger partial charge >= 0.3 is 0 Å². The largest absolute Gasteiger partial charge is 0.291 e. The molecule has 0 fully saturated rings. The Balaban J connectivity index is 1.06.